The molecule has 0 bridgehead atoms. The van der Waals surface area contributed by atoms with E-state index in [9.17, 15) is 5.11 Å². The minimum absolute atomic E-state index is 0.0123. The van der Waals surface area contributed by atoms with Crippen LogP contribution in [0.5, 0.6) is 11.5 Å². The van der Waals surface area contributed by atoms with E-state index in [2.05, 4.69) is 37.4 Å². The summed E-state index contributed by atoms with van der Waals surface area (Å²) in [6.45, 7) is 6.39. The monoisotopic (exact) mass is 285 g/mol. The van der Waals surface area contributed by atoms with E-state index in [1.807, 2.05) is 25.1 Å². The van der Waals surface area contributed by atoms with Crippen molar-refractivity contribution in [1.29, 1.82) is 0 Å². The Kier molecular flexibility index (Phi) is 4.73. The first kappa shape index (κ1) is 15.2. The van der Waals surface area contributed by atoms with Crippen LogP contribution in [0, 0.1) is 0 Å². The minimum atomic E-state index is 0.0123. The maximum atomic E-state index is 10.1. The van der Waals surface area contributed by atoms with Gasteiger partial charge in [-0.15, -0.1) is 0 Å². The van der Waals surface area contributed by atoms with Crippen LogP contribution in [0.25, 0.3) is 0 Å². The first-order chi connectivity index (χ1) is 10.0. The summed E-state index contributed by atoms with van der Waals surface area (Å²) in [6.07, 6.45) is 0. The summed E-state index contributed by atoms with van der Waals surface area (Å²) in [5.41, 5.74) is 3.21. The Hall–Kier alpha value is -2.16. The van der Waals surface area contributed by atoms with Crippen LogP contribution in [0.15, 0.2) is 42.5 Å². The predicted molar refractivity (Wildman–Crippen MR) is 87.2 cm³/mol. The number of benzene rings is 2. The van der Waals surface area contributed by atoms with Gasteiger partial charge in [0.2, 0.25) is 0 Å². The highest BCUT2D eigenvalue weighted by Gasteiger charge is 2.11. The van der Waals surface area contributed by atoms with Gasteiger partial charge in [-0.1, -0.05) is 26.0 Å². The molecule has 1 unspecified atom stereocenters. The zero-order chi connectivity index (χ0) is 15.4. The van der Waals surface area contributed by atoms with Crippen LogP contribution < -0.4 is 10.1 Å². The van der Waals surface area contributed by atoms with Gasteiger partial charge in [0.15, 0.2) is 0 Å². The fraction of sp³-hybridized carbons (Fsp3) is 0.333. The molecular formula is C18H23NO2. The molecule has 0 aliphatic carbocycles. The normalized spacial score (nSPS) is 12.2. The minimum Gasteiger partial charge on any atom is -0.507 e. The molecule has 0 spiro atoms. The maximum absolute atomic E-state index is 10.1. The van der Waals surface area contributed by atoms with Gasteiger partial charge in [-0.05, 0) is 42.7 Å². The molecule has 0 saturated heterocycles. The summed E-state index contributed by atoms with van der Waals surface area (Å²) < 4.78 is 5.11. The van der Waals surface area contributed by atoms with Gasteiger partial charge >= 0.3 is 0 Å². The lowest BCUT2D eigenvalue weighted by Gasteiger charge is -2.18. The molecule has 112 valence electrons. The van der Waals surface area contributed by atoms with Crippen molar-refractivity contribution in [2.24, 2.45) is 0 Å². The molecule has 2 N–H and O–H groups in total. The SMILES string of the molecule is COc1ccc(C(C)Nc2cccc(C(C)C)c2)c(O)c1. The van der Waals surface area contributed by atoms with E-state index >= 15 is 0 Å². The number of anilines is 1. The summed E-state index contributed by atoms with van der Waals surface area (Å²) in [6, 6.07) is 13.8. The van der Waals surface area contributed by atoms with E-state index in [1.54, 1.807) is 13.2 Å². The number of hydrogen-bond acceptors (Lipinski definition) is 3. The van der Waals surface area contributed by atoms with Crippen LogP contribution in [-0.4, -0.2) is 12.2 Å². The molecule has 0 heterocycles. The van der Waals surface area contributed by atoms with Gasteiger partial charge in [0.05, 0.1) is 13.2 Å². The van der Waals surface area contributed by atoms with E-state index in [1.165, 1.54) is 5.56 Å². The lowest BCUT2D eigenvalue weighted by molar-refractivity contribution is 0.406. The number of nitrogens with one attached hydrogen (secondary N) is 1. The molecule has 1 atom stereocenters. The first-order valence-electron chi connectivity index (χ1n) is 7.24. The molecule has 0 radical (unpaired) electrons. The van der Waals surface area contributed by atoms with Crippen LogP contribution in [0.4, 0.5) is 5.69 Å². The van der Waals surface area contributed by atoms with Gasteiger partial charge in [-0.2, -0.15) is 0 Å². The van der Waals surface area contributed by atoms with E-state index in [0.29, 0.717) is 11.7 Å². The topological polar surface area (TPSA) is 41.5 Å². The summed E-state index contributed by atoms with van der Waals surface area (Å²) in [5, 5.41) is 13.5. The average molecular weight is 285 g/mol. The Labute approximate surface area is 126 Å². The summed E-state index contributed by atoms with van der Waals surface area (Å²) in [5.74, 6) is 1.40. The van der Waals surface area contributed by atoms with E-state index in [0.717, 1.165) is 11.3 Å². The Morgan fingerprint density at radius 2 is 1.81 bits per heavy atom. The standard InChI is InChI=1S/C18H23NO2/c1-12(2)14-6-5-7-15(10-14)19-13(3)17-9-8-16(21-4)11-18(17)20/h5-13,19-20H,1-4H3. The number of methoxy groups -OCH3 is 1. The Balaban J connectivity index is 2.17. The molecule has 3 heteroatoms. The lowest BCUT2D eigenvalue weighted by Crippen LogP contribution is -2.07. The Morgan fingerprint density at radius 1 is 1.05 bits per heavy atom. The van der Waals surface area contributed by atoms with Gasteiger partial charge in [-0.3, -0.25) is 0 Å². The van der Waals surface area contributed by atoms with Crippen LogP contribution in [-0.2, 0) is 0 Å². The van der Waals surface area contributed by atoms with Gasteiger partial charge in [-0.25, -0.2) is 0 Å². The number of hydrogen-bond donors (Lipinski definition) is 2. The molecule has 3 nitrogen and oxygen atoms in total. The van der Waals surface area contributed by atoms with Crippen molar-refractivity contribution in [3.8, 4) is 11.5 Å². The highest BCUT2D eigenvalue weighted by Crippen LogP contribution is 2.30. The molecule has 2 aromatic rings. The highest BCUT2D eigenvalue weighted by atomic mass is 16.5. The van der Waals surface area contributed by atoms with Crippen LogP contribution in [0.3, 0.4) is 0 Å². The van der Waals surface area contributed by atoms with Gasteiger partial charge in [0.1, 0.15) is 11.5 Å². The first-order valence-corrected chi connectivity index (χ1v) is 7.24. The molecule has 0 amide bonds. The second kappa shape index (κ2) is 6.53. The summed E-state index contributed by atoms with van der Waals surface area (Å²) >= 11 is 0. The van der Waals surface area contributed by atoms with E-state index in [-0.39, 0.29) is 11.8 Å². The quantitative estimate of drug-likeness (QED) is 0.837. The van der Waals surface area contributed by atoms with Crippen molar-refractivity contribution in [1.82, 2.24) is 0 Å². The summed E-state index contributed by atoms with van der Waals surface area (Å²) in [4.78, 5) is 0. The van der Waals surface area contributed by atoms with Crippen molar-refractivity contribution in [3.05, 3.63) is 53.6 Å². The maximum Gasteiger partial charge on any atom is 0.124 e. The number of aromatic hydroxyl groups is 1. The molecule has 0 aromatic heterocycles. The van der Waals surface area contributed by atoms with Crippen LogP contribution in [0.2, 0.25) is 0 Å². The van der Waals surface area contributed by atoms with E-state index in [4.69, 9.17) is 4.74 Å². The molecule has 21 heavy (non-hydrogen) atoms. The largest absolute Gasteiger partial charge is 0.507 e. The third kappa shape index (κ3) is 3.69. The zero-order valence-electron chi connectivity index (χ0n) is 13.1. The second-order valence-electron chi connectivity index (χ2n) is 5.57. The van der Waals surface area contributed by atoms with Gasteiger partial charge < -0.3 is 15.2 Å². The second-order valence-corrected chi connectivity index (χ2v) is 5.57. The third-order valence-corrected chi connectivity index (χ3v) is 3.64. The molecule has 0 aliphatic rings. The highest BCUT2D eigenvalue weighted by molar-refractivity contribution is 5.50. The molecule has 0 saturated carbocycles. The number of phenolic OH excluding ortho intramolecular Hbond substituents is 1. The zero-order valence-corrected chi connectivity index (χ0v) is 13.1. The predicted octanol–water partition coefficient (Wildman–Crippen LogP) is 4.70. The smallest absolute Gasteiger partial charge is 0.124 e. The molecule has 2 rings (SSSR count). The molecule has 2 aromatic carbocycles. The van der Waals surface area contributed by atoms with Gasteiger partial charge in [0, 0.05) is 17.3 Å². The van der Waals surface area contributed by atoms with Crippen molar-refractivity contribution in [2.75, 3.05) is 12.4 Å². The average Bonchev–Trinajstić information content (AvgIpc) is 2.47. The van der Waals surface area contributed by atoms with Crippen LogP contribution >= 0.6 is 0 Å². The van der Waals surface area contributed by atoms with Crippen molar-refractivity contribution >= 4 is 5.69 Å². The molecule has 0 aliphatic heterocycles. The third-order valence-electron chi connectivity index (χ3n) is 3.64. The van der Waals surface area contributed by atoms with E-state index < -0.39 is 0 Å². The van der Waals surface area contributed by atoms with Crippen molar-refractivity contribution in [2.45, 2.75) is 32.7 Å². The number of rotatable bonds is 5. The molecular weight excluding hydrogens is 262 g/mol. The number of ether oxygens (including phenoxy) is 1. The Morgan fingerprint density at radius 3 is 2.43 bits per heavy atom. The fourth-order valence-corrected chi connectivity index (χ4v) is 2.33. The fourth-order valence-electron chi connectivity index (χ4n) is 2.33. The van der Waals surface area contributed by atoms with Crippen LogP contribution in [0.1, 0.15) is 43.9 Å². The molecule has 0 fully saturated rings. The van der Waals surface area contributed by atoms with Crippen molar-refractivity contribution in [3.63, 3.8) is 0 Å². The van der Waals surface area contributed by atoms with Gasteiger partial charge in [0.25, 0.3) is 0 Å². The van der Waals surface area contributed by atoms with Crippen molar-refractivity contribution < 1.29 is 9.84 Å². The lowest BCUT2D eigenvalue weighted by atomic mass is 10.0. The summed E-state index contributed by atoms with van der Waals surface area (Å²) in [7, 11) is 1.59. The number of phenols is 1. The Bertz CT molecular complexity index is 608.